The number of hydrogen-bond acceptors (Lipinski definition) is 9. The predicted molar refractivity (Wildman–Crippen MR) is 163 cm³/mol. The molecule has 0 amide bonds. The number of phenolic OH excluding ortho intramolecular Hbond substituents is 1. The van der Waals surface area contributed by atoms with Crippen molar-refractivity contribution >= 4 is 29.8 Å². The van der Waals surface area contributed by atoms with E-state index in [-0.39, 0.29) is 48.2 Å². The first kappa shape index (κ1) is 43.5. The van der Waals surface area contributed by atoms with Crippen molar-refractivity contribution in [2.45, 2.75) is 37.0 Å². The minimum absolute atomic E-state index is 0.0763. The van der Waals surface area contributed by atoms with E-state index in [1.54, 1.807) is 12.1 Å². The molecule has 0 saturated heterocycles. The van der Waals surface area contributed by atoms with E-state index in [9.17, 15) is 60.4 Å². The first-order valence-corrected chi connectivity index (χ1v) is 19.1. The minimum Gasteiger partial charge on any atom is -0.508 e. The number of halogens is 8. The van der Waals surface area contributed by atoms with Crippen LogP contribution in [-0.4, -0.2) is 67.6 Å². The molecule has 276 valence electrons. The lowest BCUT2D eigenvalue weighted by Crippen LogP contribution is -2.11. The zero-order chi connectivity index (χ0) is 37.8. The molecular formula is C29H32F8O9S3. The third-order valence-electron chi connectivity index (χ3n) is 5.54. The molecule has 0 aliphatic carbocycles. The highest BCUT2D eigenvalue weighted by Gasteiger charge is 2.32. The molecule has 3 aromatic rings. The molecule has 20 heteroatoms. The second-order valence-corrected chi connectivity index (χ2v) is 16.4. The lowest BCUT2D eigenvalue weighted by molar-refractivity contribution is -0.138. The van der Waals surface area contributed by atoms with Crippen molar-refractivity contribution in [1.29, 1.82) is 0 Å². The van der Waals surface area contributed by atoms with Crippen LogP contribution < -0.4 is 4.74 Å². The number of rotatable bonds is 11. The standard InChI is InChI=1S/C11H12F4O3S.C11H16O5S2.C7H4F4O/c1-19(16,17)4-2-3-18-10-6-8(11(13,14)15)5-9(12)7-10;1-10-4-6-11(7-5-10)18(14,15)16-8-3-9-17(2,12)13;8-5-1-4(7(9,10)11)2-6(12)3-5/h5-7H,2-4H2,1H3;4-7H,3,8-9H2,1-2H3;1-3,12H. The Morgan fingerprint density at radius 3 is 1.55 bits per heavy atom. The van der Waals surface area contributed by atoms with Gasteiger partial charge in [-0.3, -0.25) is 4.18 Å². The van der Waals surface area contributed by atoms with Crippen LogP contribution in [0.5, 0.6) is 11.5 Å². The molecule has 1 N–H and O–H groups in total. The Labute approximate surface area is 278 Å². The van der Waals surface area contributed by atoms with Gasteiger partial charge in [-0.15, -0.1) is 0 Å². The van der Waals surface area contributed by atoms with E-state index in [2.05, 4.69) is 0 Å². The van der Waals surface area contributed by atoms with Crippen LogP contribution in [0.25, 0.3) is 0 Å². The summed E-state index contributed by atoms with van der Waals surface area (Å²) in [5.41, 5.74) is -1.39. The van der Waals surface area contributed by atoms with Crippen LogP contribution in [0.4, 0.5) is 35.1 Å². The van der Waals surface area contributed by atoms with Crippen LogP contribution in [0.1, 0.15) is 29.5 Å². The number of aromatic hydroxyl groups is 1. The third-order valence-corrected chi connectivity index (χ3v) is 8.93. The molecule has 0 unspecified atom stereocenters. The first-order valence-electron chi connectivity index (χ1n) is 13.6. The highest BCUT2D eigenvalue weighted by molar-refractivity contribution is 7.90. The number of ether oxygens (including phenoxy) is 1. The Morgan fingerprint density at radius 2 is 1.10 bits per heavy atom. The number of benzene rings is 3. The number of hydrogen-bond donors (Lipinski definition) is 1. The smallest absolute Gasteiger partial charge is 0.416 e. The van der Waals surface area contributed by atoms with Gasteiger partial charge in [0.2, 0.25) is 0 Å². The summed E-state index contributed by atoms with van der Waals surface area (Å²) < 4.78 is 174. The maximum Gasteiger partial charge on any atom is 0.416 e. The number of sulfone groups is 2. The summed E-state index contributed by atoms with van der Waals surface area (Å²) in [4.78, 5) is 0.0763. The maximum atomic E-state index is 13.0. The zero-order valence-electron chi connectivity index (χ0n) is 26.0. The van der Waals surface area contributed by atoms with E-state index in [1.807, 2.05) is 6.92 Å². The Balaban J connectivity index is 0.000000377. The van der Waals surface area contributed by atoms with Crippen molar-refractivity contribution in [2.75, 3.05) is 37.2 Å². The summed E-state index contributed by atoms with van der Waals surface area (Å²) in [6, 6.07) is 9.50. The van der Waals surface area contributed by atoms with Gasteiger partial charge in [-0.05, 0) is 56.2 Å². The molecule has 0 bridgehead atoms. The van der Waals surface area contributed by atoms with Crippen molar-refractivity contribution in [1.82, 2.24) is 0 Å². The molecule has 9 nitrogen and oxygen atoms in total. The second-order valence-electron chi connectivity index (χ2n) is 10.3. The lowest BCUT2D eigenvalue weighted by Gasteiger charge is -2.10. The summed E-state index contributed by atoms with van der Waals surface area (Å²) in [5.74, 6) is -3.41. The van der Waals surface area contributed by atoms with Crippen LogP contribution in [0, 0.1) is 18.6 Å². The first-order chi connectivity index (χ1) is 22.2. The van der Waals surface area contributed by atoms with E-state index in [0.29, 0.717) is 30.3 Å². The van der Waals surface area contributed by atoms with E-state index >= 15 is 0 Å². The van der Waals surface area contributed by atoms with Crippen LogP contribution in [0.2, 0.25) is 0 Å². The number of alkyl halides is 6. The largest absolute Gasteiger partial charge is 0.508 e. The van der Waals surface area contributed by atoms with Gasteiger partial charge >= 0.3 is 12.4 Å². The van der Waals surface area contributed by atoms with Crippen LogP contribution in [0.3, 0.4) is 0 Å². The summed E-state index contributed by atoms with van der Waals surface area (Å²) in [6.45, 7) is 1.61. The fourth-order valence-electron chi connectivity index (χ4n) is 3.32. The van der Waals surface area contributed by atoms with Crippen LogP contribution >= 0.6 is 0 Å². The van der Waals surface area contributed by atoms with E-state index in [4.69, 9.17) is 14.0 Å². The molecule has 0 heterocycles. The Hall–Kier alpha value is -3.49. The lowest BCUT2D eigenvalue weighted by atomic mass is 10.2. The van der Waals surface area contributed by atoms with E-state index in [0.717, 1.165) is 24.1 Å². The SMILES string of the molecule is CS(=O)(=O)CCCOc1cc(F)cc(C(F)(F)F)c1.Cc1ccc(S(=O)(=O)OCCCS(C)(=O)=O)cc1.Oc1cc(F)cc(C(F)(F)F)c1. The van der Waals surface area contributed by atoms with Gasteiger partial charge < -0.3 is 9.84 Å². The number of aryl methyl sites for hydroxylation is 1. The number of phenols is 1. The minimum atomic E-state index is -4.66. The second kappa shape index (κ2) is 18.0. The average molecular weight is 773 g/mol. The Kier molecular flexibility index (Phi) is 15.9. The van der Waals surface area contributed by atoms with Crippen molar-refractivity contribution in [3.8, 4) is 11.5 Å². The predicted octanol–water partition coefficient (Wildman–Crippen LogP) is 6.34. The van der Waals surface area contributed by atoms with Crippen molar-refractivity contribution < 1.29 is 74.4 Å². The van der Waals surface area contributed by atoms with Crippen LogP contribution in [0.15, 0.2) is 65.6 Å². The molecule has 0 aromatic heterocycles. The highest BCUT2D eigenvalue weighted by atomic mass is 32.2. The van der Waals surface area contributed by atoms with Crippen LogP contribution in [-0.2, 0) is 46.3 Å². The molecule has 49 heavy (non-hydrogen) atoms. The van der Waals surface area contributed by atoms with E-state index in [1.165, 1.54) is 12.1 Å². The topological polar surface area (TPSA) is 141 Å². The van der Waals surface area contributed by atoms with Crippen molar-refractivity contribution in [2.24, 2.45) is 0 Å². The fraction of sp³-hybridized carbons (Fsp3) is 0.379. The third kappa shape index (κ3) is 18.7. The molecule has 0 fully saturated rings. The average Bonchev–Trinajstić information content (AvgIpc) is 2.92. The summed E-state index contributed by atoms with van der Waals surface area (Å²) >= 11 is 0. The van der Waals surface area contributed by atoms with Gasteiger partial charge in [0.25, 0.3) is 10.1 Å². The summed E-state index contributed by atoms with van der Waals surface area (Å²) in [7, 11) is -10.0. The van der Waals surface area contributed by atoms with Gasteiger partial charge in [0, 0.05) is 24.6 Å². The summed E-state index contributed by atoms with van der Waals surface area (Å²) in [5, 5.41) is 8.62. The molecule has 0 radical (unpaired) electrons. The van der Waals surface area contributed by atoms with Gasteiger partial charge in [-0.2, -0.15) is 34.8 Å². The molecule has 0 aliphatic heterocycles. The highest BCUT2D eigenvalue weighted by Crippen LogP contribution is 2.33. The molecule has 0 saturated carbocycles. The van der Waals surface area contributed by atoms with Gasteiger partial charge in [-0.25, -0.2) is 25.6 Å². The normalized spacial score (nSPS) is 12.3. The zero-order valence-corrected chi connectivity index (χ0v) is 28.4. The molecule has 3 rings (SSSR count). The molecular weight excluding hydrogens is 740 g/mol. The van der Waals surface area contributed by atoms with Gasteiger partial charge in [0.15, 0.2) is 0 Å². The fourth-order valence-corrected chi connectivity index (χ4v) is 5.55. The maximum absolute atomic E-state index is 13.0. The quantitative estimate of drug-likeness (QED) is 0.134. The monoisotopic (exact) mass is 772 g/mol. The summed E-state index contributed by atoms with van der Waals surface area (Å²) in [6.07, 6.45) is -6.87. The molecule has 0 aliphatic rings. The van der Waals surface area contributed by atoms with Crippen molar-refractivity contribution in [3.05, 3.63) is 89.0 Å². The van der Waals surface area contributed by atoms with Crippen molar-refractivity contribution in [3.63, 3.8) is 0 Å². The molecule has 3 aromatic carbocycles. The van der Waals surface area contributed by atoms with Gasteiger partial charge in [0.1, 0.15) is 42.8 Å². The van der Waals surface area contributed by atoms with Gasteiger partial charge in [0.05, 0.1) is 40.7 Å². The molecule has 0 atom stereocenters. The van der Waals surface area contributed by atoms with E-state index < -0.39 is 70.7 Å². The Bertz CT molecular complexity index is 1820. The molecule has 0 spiro atoms. The van der Waals surface area contributed by atoms with Gasteiger partial charge in [-0.1, -0.05) is 17.7 Å². The Morgan fingerprint density at radius 1 is 0.653 bits per heavy atom.